The van der Waals surface area contributed by atoms with Crippen molar-refractivity contribution in [3.05, 3.63) is 51.4 Å². The zero-order valence-electron chi connectivity index (χ0n) is 17.0. The Kier molecular flexibility index (Phi) is 9.58. The van der Waals surface area contributed by atoms with Crippen LogP contribution in [-0.2, 0) is 26.4 Å². The minimum absolute atomic E-state index is 0.0104. The fourth-order valence-electron chi connectivity index (χ4n) is 2.96. The second-order valence-electron chi connectivity index (χ2n) is 6.86. The molecule has 1 unspecified atom stereocenters. The number of rotatable bonds is 13. The van der Waals surface area contributed by atoms with Gasteiger partial charge in [0.25, 0.3) is 0 Å². The highest BCUT2D eigenvalue weighted by atomic mass is 35.5. The summed E-state index contributed by atoms with van der Waals surface area (Å²) in [6, 6.07) is 7.56. The lowest BCUT2D eigenvalue weighted by Crippen LogP contribution is -2.34. The molecule has 178 valence electrons. The van der Waals surface area contributed by atoms with Gasteiger partial charge in [-0.25, -0.2) is 8.42 Å². The maximum absolute atomic E-state index is 12.9. The summed E-state index contributed by atoms with van der Waals surface area (Å²) in [5.41, 5.74) is 0.895. The van der Waals surface area contributed by atoms with Gasteiger partial charge in [0, 0.05) is 48.8 Å². The van der Waals surface area contributed by atoms with E-state index < -0.39 is 35.9 Å². The van der Waals surface area contributed by atoms with Gasteiger partial charge in [0.2, 0.25) is 0 Å². The molecule has 14 heteroatoms. The number of nitro groups is 1. The van der Waals surface area contributed by atoms with Crippen LogP contribution in [0.3, 0.4) is 0 Å². The third-order valence-electron chi connectivity index (χ3n) is 4.36. The van der Waals surface area contributed by atoms with E-state index in [-0.39, 0.29) is 22.7 Å². The highest BCUT2D eigenvalue weighted by Crippen LogP contribution is 2.29. The summed E-state index contributed by atoms with van der Waals surface area (Å²) >= 11 is 12.4. The summed E-state index contributed by atoms with van der Waals surface area (Å²) in [5.74, 6) is 0.0139. The Hall–Kier alpha value is -1.60. The largest absolute Gasteiger partial charge is 0.382 e. The molecule has 1 heterocycles. The Balaban J connectivity index is 2.27. The molecular weight excluding hydrogens is 523 g/mol. The van der Waals surface area contributed by atoms with Crippen molar-refractivity contribution in [1.82, 2.24) is 0 Å². The van der Waals surface area contributed by atoms with E-state index in [2.05, 4.69) is 0 Å². The van der Waals surface area contributed by atoms with E-state index in [1.54, 1.807) is 12.1 Å². The van der Waals surface area contributed by atoms with Crippen LogP contribution in [-0.4, -0.2) is 63.9 Å². The highest BCUT2D eigenvalue weighted by molar-refractivity contribution is 7.93. The molecule has 0 radical (unpaired) electrons. The zero-order chi connectivity index (χ0) is 23.9. The van der Waals surface area contributed by atoms with Crippen molar-refractivity contribution in [2.24, 2.45) is 0 Å². The maximum atomic E-state index is 12.9. The minimum atomic E-state index is -4.43. The standard InChI is InChI=1S/C18H22Cl2N2O7S3/c1-31(25,26)13-17(12-14-6-11-30-18(14)22(23)24)32(27,28)29-16-4-2-15(3-5-16)21(9-7-19)10-8-20/h2-6,11,17H,7-10,12-13H2,1H3. The molecule has 1 aromatic heterocycles. The van der Waals surface area contributed by atoms with Crippen LogP contribution in [0.2, 0.25) is 0 Å². The lowest BCUT2D eigenvalue weighted by Gasteiger charge is -2.23. The number of benzene rings is 1. The van der Waals surface area contributed by atoms with Crippen molar-refractivity contribution in [2.75, 3.05) is 41.8 Å². The minimum Gasteiger partial charge on any atom is -0.382 e. The Morgan fingerprint density at radius 2 is 1.69 bits per heavy atom. The molecule has 0 aliphatic heterocycles. The quantitative estimate of drug-likeness (QED) is 0.163. The first-order valence-corrected chi connectivity index (χ1v) is 14.7. The van der Waals surface area contributed by atoms with Gasteiger partial charge >= 0.3 is 15.1 Å². The molecule has 0 amide bonds. The molecule has 0 saturated carbocycles. The van der Waals surface area contributed by atoms with Gasteiger partial charge in [-0.05, 0) is 35.7 Å². The molecule has 9 nitrogen and oxygen atoms in total. The van der Waals surface area contributed by atoms with Crippen molar-refractivity contribution < 1.29 is 25.9 Å². The number of nitrogens with zero attached hydrogens (tertiary/aromatic N) is 2. The monoisotopic (exact) mass is 544 g/mol. The first-order valence-electron chi connectivity index (χ1n) is 9.25. The third-order valence-corrected chi connectivity index (χ3v) is 8.40. The molecule has 0 saturated heterocycles. The second kappa shape index (κ2) is 11.5. The third kappa shape index (κ3) is 7.77. The van der Waals surface area contributed by atoms with E-state index in [1.807, 2.05) is 4.90 Å². The van der Waals surface area contributed by atoms with Crippen LogP contribution >= 0.6 is 34.5 Å². The summed E-state index contributed by atoms with van der Waals surface area (Å²) in [6.07, 6.45) is 0.529. The number of hydrogen-bond acceptors (Lipinski definition) is 9. The Bertz CT molecular complexity index is 1110. The molecule has 32 heavy (non-hydrogen) atoms. The van der Waals surface area contributed by atoms with Crippen LogP contribution in [0.5, 0.6) is 5.75 Å². The number of halogens is 2. The molecule has 2 rings (SSSR count). The Morgan fingerprint density at radius 3 is 2.19 bits per heavy atom. The highest BCUT2D eigenvalue weighted by Gasteiger charge is 2.34. The van der Waals surface area contributed by atoms with Crippen molar-refractivity contribution in [2.45, 2.75) is 11.7 Å². The topological polar surface area (TPSA) is 124 Å². The van der Waals surface area contributed by atoms with Gasteiger partial charge in [-0.3, -0.25) is 10.1 Å². The number of thiophene rings is 1. The van der Waals surface area contributed by atoms with Gasteiger partial charge in [-0.15, -0.1) is 23.2 Å². The molecular formula is C18H22Cl2N2O7S3. The normalized spacial score (nSPS) is 13.0. The number of sulfone groups is 1. The average Bonchev–Trinajstić information content (AvgIpc) is 3.15. The first-order chi connectivity index (χ1) is 15.0. The lowest BCUT2D eigenvalue weighted by molar-refractivity contribution is -0.380. The van der Waals surface area contributed by atoms with Gasteiger partial charge in [-0.2, -0.15) is 8.42 Å². The van der Waals surface area contributed by atoms with E-state index in [0.29, 0.717) is 24.8 Å². The van der Waals surface area contributed by atoms with Crippen LogP contribution in [0.1, 0.15) is 5.56 Å². The summed E-state index contributed by atoms with van der Waals surface area (Å²) in [4.78, 5) is 12.5. The smallest absolute Gasteiger partial charge is 0.327 e. The number of anilines is 1. The van der Waals surface area contributed by atoms with Gasteiger partial charge in [0.15, 0.2) is 0 Å². The maximum Gasteiger partial charge on any atom is 0.327 e. The van der Waals surface area contributed by atoms with E-state index in [4.69, 9.17) is 27.4 Å². The number of alkyl halides is 2. The molecule has 0 spiro atoms. The van der Waals surface area contributed by atoms with Gasteiger partial charge in [0.1, 0.15) is 20.8 Å². The van der Waals surface area contributed by atoms with Crippen LogP contribution in [0, 0.1) is 10.1 Å². The molecule has 1 aromatic carbocycles. The molecule has 0 fully saturated rings. The first kappa shape index (κ1) is 26.7. The second-order valence-corrected chi connectivity index (χ2v) is 12.5. The van der Waals surface area contributed by atoms with Gasteiger partial charge in [0.05, 0.1) is 10.7 Å². The molecule has 2 aromatic rings. The molecule has 0 aliphatic carbocycles. The van der Waals surface area contributed by atoms with E-state index in [1.165, 1.54) is 23.6 Å². The average molecular weight is 545 g/mol. The van der Waals surface area contributed by atoms with Crippen molar-refractivity contribution in [1.29, 1.82) is 0 Å². The predicted molar refractivity (Wildman–Crippen MR) is 128 cm³/mol. The summed E-state index contributed by atoms with van der Waals surface area (Å²) in [5, 5.41) is 10.9. The Labute approximate surface area is 201 Å². The molecule has 0 aliphatic rings. The zero-order valence-corrected chi connectivity index (χ0v) is 21.0. The Morgan fingerprint density at radius 1 is 1.09 bits per heavy atom. The van der Waals surface area contributed by atoms with Crippen LogP contribution in [0.15, 0.2) is 35.7 Å². The van der Waals surface area contributed by atoms with Crippen molar-refractivity contribution >= 4 is 65.2 Å². The van der Waals surface area contributed by atoms with Crippen molar-refractivity contribution in [3.63, 3.8) is 0 Å². The fraction of sp³-hybridized carbons (Fsp3) is 0.444. The predicted octanol–water partition coefficient (Wildman–Crippen LogP) is 3.30. The van der Waals surface area contributed by atoms with E-state index >= 15 is 0 Å². The van der Waals surface area contributed by atoms with Gasteiger partial charge < -0.3 is 9.08 Å². The van der Waals surface area contributed by atoms with Crippen LogP contribution in [0.4, 0.5) is 10.7 Å². The lowest BCUT2D eigenvalue weighted by atomic mass is 10.2. The van der Waals surface area contributed by atoms with Crippen LogP contribution < -0.4 is 9.08 Å². The van der Waals surface area contributed by atoms with Crippen molar-refractivity contribution in [3.8, 4) is 5.75 Å². The molecule has 1 atom stereocenters. The summed E-state index contributed by atoms with van der Waals surface area (Å²) in [7, 11) is -8.16. The molecule has 0 N–H and O–H groups in total. The summed E-state index contributed by atoms with van der Waals surface area (Å²) < 4.78 is 54.7. The molecule has 0 bridgehead atoms. The van der Waals surface area contributed by atoms with E-state index in [9.17, 15) is 26.9 Å². The summed E-state index contributed by atoms with van der Waals surface area (Å²) in [6.45, 7) is 1.09. The van der Waals surface area contributed by atoms with E-state index in [0.717, 1.165) is 23.3 Å². The van der Waals surface area contributed by atoms with Gasteiger partial charge in [-0.1, -0.05) is 11.3 Å². The van der Waals surface area contributed by atoms with Crippen LogP contribution in [0.25, 0.3) is 0 Å². The SMILES string of the molecule is CS(=O)(=O)CC(Cc1ccsc1[N+](=O)[O-])S(=O)(=O)Oc1ccc(N(CCCl)CCCl)cc1. The fourth-order valence-corrected chi connectivity index (χ4v) is 7.22. The number of hydrogen-bond donors (Lipinski definition) is 0.